The minimum absolute atomic E-state index is 0.389. The van der Waals surface area contributed by atoms with Gasteiger partial charge in [-0.15, -0.1) is 0 Å². The van der Waals surface area contributed by atoms with Crippen LogP contribution in [0.3, 0.4) is 0 Å². The molecule has 0 bridgehead atoms. The minimum atomic E-state index is 0.389. The maximum atomic E-state index is 5.53. The fraction of sp³-hybridized carbons (Fsp3) is 0.682. The lowest BCUT2D eigenvalue weighted by atomic mass is 10.0. The highest BCUT2D eigenvalue weighted by Gasteiger charge is 2.27. The van der Waals surface area contributed by atoms with E-state index in [-0.39, 0.29) is 0 Å². The number of rotatable bonds is 7. The summed E-state index contributed by atoms with van der Waals surface area (Å²) >= 11 is 0. The molecule has 1 aromatic rings. The molecule has 0 aliphatic carbocycles. The van der Waals surface area contributed by atoms with Gasteiger partial charge in [0.1, 0.15) is 5.75 Å². The second-order valence-corrected chi connectivity index (χ2v) is 8.26. The first-order valence-electron chi connectivity index (χ1n) is 10.7. The molecule has 0 saturated carbocycles. The lowest BCUT2D eigenvalue weighted by Gasteiger charge is -2.31. The van der Waals surface area contributed by atoms with E-state index in [4.69, 9.17) is 4.74 Å². The summed E-state index contributed by atoms with van der Waals surface area (Å²) in [6.45, 7) is 10.0. The summed E-state index contributed by atoms with van der Waals surface area (Å²) in [5.41, 5.74) is 1.17. The summed E-state index contributed by atoms with van der Waals surface area (Å²) in [5.74, 6) is 2.49. The molecule has 156 valence electrons. The summed E-state index contributed by atoms with van der Waals surface area (Å²) in [7, 11) is 3.60. The molecule has 2 N–H and O–H groups in total. The fourth-order valence-electron chi connectivity index (χ4n) is 4.44. The number of ether oxygens (including phenoxy) is 1. The van der Waals surface area contributed by atoms with Gasteiger partial charge in [-0.05, 0) is 50.4 Å². The summed E-state index contributed by atoms with van der Waals surface area (Å²) in [4.78, 5) is 9.50. The molecule has 2 atom stereocenters. The Morgan fingerprint density at radius 3 is 2.64 bits per heavy atom. The van der Waals surface area contributed by atoms with E-state index in [0.717, 1.165) is 37.8 Å². The van der Waals surface area contributed by atoms with E-state index in [1.165, 1.54) is 31.6 Å². The zero-order valence-corrected chi connectivity index (χ0v) is 17.9. The first-order valence-corrected chi connectivity index (χ1v) is 10.7. The average molecular weight is 388 g/mol. The van der Waals surface area contributed by atoms with E-state index in [0.29, 0.717) is 18.0 Å². The lowest BCUT2D eigenvalue weighted by Crippen LogP contribution is -2.50. The Morgan fingerprint density at radius 1 is 1.21 bits per heavy atom. The SMILES string of the molecule is CN=C(NCC(C(C)C)N1CCCC1)NC1CCN(c2ccccc2OC)C1. The number of likely N-dealkylation sites (tertiary alicyclic amines) is 1. The number of nitrogens with one attached hydrogen (secondary N) is 2. The Kier molecular flexibility index (Phi) is 7.43. The number of hydrogen-bond donors (Lipinski definition) is 2. The molecule has 2 unspecified atom stereocenters. The molecule has 0 spiro atoms. The quantitative estimate of drug-likeness (QED) is 0.556. The topological polar surface area (TPSA) is 52.1 Å². The van der Waals surface area contributed by atoms with Crippen molar-refractivity contribution in [3.05, 3.63) is 24.3 Å². The van der Waals surface area contributed by atoms with Crippen LogP contribution in [0.2, 0.25) is 0 Å². The molecule has 6 heteroatoms. The second-order valence-electron chi connectivity index (χ2n) is 8.26. The molecular formula is C22H37N5O. The van der Waals surface area contributed by atoms with Crippen molar-refractivity contribution in [2.45, 2.75) is 45.2 Å². The zero-order valence-electron chi connectivity index (χ0n) is 17.9. The molecular weight excluding hydrogens is 350 g/mol. The highest BCUT2D eigenvalue weighted by atomic mass is 16.5. The van der Waals surface area contributed by atoms with Gasteiger partial charge in [0.2, 0.25) is 0 Å². The number of guanidine groups is 1. The van der Waals surface area contributed by atoms with Crippen LogP contribution in [0.25, 0.3) is 0 Å². The van der Waals surface area contributed by atoms with Crippen molar-refractivity contribution >= 4 is 11.6 Å². The van der Waals surface area contributed by atoms with Crippen LogP contribution >= 0.6 is 0 Å². The van der Waals surface area contributed by atoms with Gasteiger partial charge in [0.15, 0.2) is 5.96 Å². The predicted molar refractivity (Wildman–Crippen MR) is 118 cm³/mol. The van der Waals surface area contributed by atoms with E-state index < -0.39 is 0 Å². The molecule has 2 aliphatic rings. The number of benzene rings is 1. The third kappa shape index (κ3) is 5.10. The van der Waals surface area contributed by atoms with Crippen LogP contribution in [0.15, 0.2) is 29.3 Å². The van der Waals surface area contributed by atoms with Gasteiger partial charge in [-0.25, -0.2) is 0 Å². The van der Waals surface area contributed by atoms with E-state index in [1.807, 2.05) is 19.2 Å². The van der Waals surface area contributed by atoms with Gasteiger partial charge in [0, 0.05) is 38.8 Å². The molecule has 2 saturated heterocycles. The maximum Gasteiger partial charge on any atom is 0.191 e. The Bertz CT molecular complexity index is 642. The maximum absolute atomic E-state index is 5.53. The van der Waals surface area contributed by atoms with Crippen LogP contribution in [0, 0.1) is 5.92 Å². The standard InChI is InChI=1S/C22H37N5O/c1-17(2)20(26-12-7-8-13-26)15-24-22(23-3)25-18-11-14-27(16-18)19-9-5-6-10-21(19)28-4/h5-6,9-10,17-18,20H,7-8,11-16H2,1-4H3,(H2,23,24,25). The van der Waals surface area contributed by atoms with Gasteiger partial charge in [-0.3, -0.25) is 9.89 Å². The number of anilines is 1. The first-order chi connectivity index (χ1) is 13.6. The van der Waals surface area contributed by atoms with Gasteiger partial charge in [-0.2, -0.15) is 0 Å². The Hall–Kier alpha value is -1.95. The van der Waals surface area contributed by atoms with Crippen molar-refractivity contribution in [2.75, 3.05) is 51.8 Å². The largest absolute Gasteiger partial charge is 0.495 e. The molecule has 0 radical (unpaired) electrons. The monoisotopic (exact) mass is 387 g/mol. The molecule has 1 aromatic carbocycles. The fourth-order valence-corrected chi connectivity index (χ4v) is 4.44. The van der Waals surface area contributed by atoms with Crippen LogP contribution in [0.5, 0.6) is 5.75 Å². The number of hydrogen-bond acceptors (Lipinski definition) is 4. The third-order valence-electron chi connectivity index (χ3n) is 6.04. The second kappa shape index (κ2) is 10.0. The molecule has 2 aliphatic heterocycles. The van der Waals surface area contributed by atoms with Crippen molar-refractivity contribution < 1.29 is 4.74 Å². The molecule has 6 nitrogen and oxygen atoms in total. The summed E-state index contributed by atoms with van der Waals surface area (Å²) < 4.78 is 5.53. The molecule has 2 heterocycles. The van der Waals surface area contributed by atoms with Gasteiger partial charge in [0.05, 0.1) is 12.8 Å². The van der Waals surface area contributed by atoms with Crippen molar-refractivity contribution in [2.24, 2.45) is 10.9 Å². The van der Waals surface area contributed by atoms with E-state index in [1.54, 1.807) is 7.11 Å². The van der Waals surface area contributed by atoms with Crippen LogP contribution < -0.4 is 20.3 Å². The average Bonchev–Trinajstić information content (AvgIpc) is 3.39. The van der Waals surface area contributed by atoms with Crippen LogP contribution in [0.1, 0.15) is 33.1 Å². The highest BCUT2D eigenvalue weighted by molar-refractivity contribution is 5.80. The van der Waals surface area contributed by atoms with Crippen molar-refractivity contribution in [1.82, 2.24) is 15.5 Å². The van der Waals surface area contributed by atoms with Crippen molar-refractivity contribution in [3.8, 4) is 5.75 Å². The number of nitrogens with zero attached hydrogens (tertiary/aromatic N) is 3. The summed E-state index contributed by atoms with van der Waals surface area (Å²) in [6, 6.07) is 9.21. The first kappa shape index (κ1) is 20.8. The van der Waals surface area contributed by atoms with Crippen LogP contribution in [0.4, 0.5) is 5.69 Å². The summed E-state index contributed by atoms with van der Waals surface area (Å²) in [5, 5.41) is 7.21. The van der Waals surface area contributed by atoms with E-state index in [2.05, 4.69) is 51.4 Å². The number of aliphatic imine (C=N–C) groups is 1. The normalized spacial score (nSPS) is 22.0. The number of methoxy groups -OCH3 is 1. The minimum Gasteiger partial charge on any atom is -0.495 e. The van der Waals surface area contributed by atoms with Gasteiger partial charge >= 0.3 is 0 Å². The van der Waals surface area contributed by atoms with Crippen molar-refractivity contribution in [1.29, 1.82) is 0 Å². The molecule has 0 aromatic heterocycles. The Labute approximate surface area is 170 Å². The molecule has 3 rings (SSSR count). The van der Waals surface area contributed by atoms with Crippen LogP contribution in [-0.2, 0) is 0 Å². The smallest absolute Gasteiger partial charge is 0.191 e. The molecule has 28 heavy (non-hydrogen) atoms. The summed E-state index contributed by atoms with van der Waals surface area (Å²) in [6.07, 6.45) is 3.76. The third-order valence-corrected chi connectivity index (χ3v) is 6.04. The van der Waals surface area contributed by atoms with E-state index in [9.17, 15) is 0 Å². The highest BCUT2D eigenvalue weighted by Crippen LogP contribution is 2.30. The molecule has 2 fully saturated rings. The Balaban J connectivity index is 1.52. The molecule has 0 amide bonds. The van der Waals surface area contributed by atoms with Gasteiger partial charge in [0.25, 0.3) is 0 Å². The van der Waals surface area contributed by atoms with Gasteiger partial charge < -0.3 is 20.3 Å². The van der Waals surface area contributed by atoms with Gasteiger partial charge in [-0.1, -0.05) is 26.0 Å². The zero-order chi connectivity index (χ0) is 19.9. The lowest BCUT2D eigenvalue weighted by molar-refractivity contribution is 0.192. The Morgan fingerprint density at radius 2 is 1.96 bits per heavy atom. The predicted octanol–water partition coefficient (Wildman–Crippen LogP) is 2.56. The van der Waals surface area contributed by atoms with Crippen molar-refractivity contribution in [3.63, 3.8) is 0 Å². The van der Waals surface area contributed by atoms with Crippen LogP contribution in [-0.4, -0.2) is 69.8 Å². The van der Waals surface area contributed by atoms with E-state index >= 15 is 0 Å². The number of para-hydroxylation sites is 2.